The number of carbonyl (C=O) groups excluding carboxylic acids is 1. The number of alkyl carbamates (subject to hydrolysis) is 1. The fourth-order valence-corrected chi connectivity index (χ4v) is 9.22. The van der Waals surface area contributed by atoms with Gasteiger partial charge in [0.1, 0.15) is 6.10 Å². The maximum Gasteiger partial charge on any atom is 0.407 e. The average molecular weight is 490 g/mol. The molecule has 3 saturated carbocycles. The zero-order valence-corrected chi connectivity index (χ0v) is 23.5. The fourth-order valence-electron chi connectivity index (χ4n) is 9.10. The molecular formula is C30H51NO2S. The van der Waals surface area contributed by atoms with Crippen molar-refractivity contribution in [3.05, 3.63) is 11.6 Å². The van der Waals surface area contributed by atoms with Crippen LogP contribution < -0.4 is 5.32 Å². The van der Waals surface area contributed by atoms with Gasteiger partial charge in [-0.2, -0.15) is 12.6 Å². The van der Waals surface area contributed by atoms with E-state index in [1.165, 1.54) is 57.8 Å². The molecule has 0 aromatic carbocycles. The summed E-state index contributed by atoms with van der Waals surface area (Å²) < 4.78 is 5.77. The molecule has 8 atom stereocenters. The van der Waals surface area contributed by atoms with Crippen LogP contribution >= 0.6 is 12.6 Å². The Labute approximate surface area is 215 Å². The SMILES string of the molecule is CC(C)CCC[C@@H](C)C1CCC2C3CC=C4CC(OC(=O)NCCS)CC[C@]4(C)C3CC[C@@]21C. The van der Waals surface area contributed by atoms with E-state index in [4.69, 9.17) is 4.74 Å². The molecule has 1 N–H and O–H groups in total. The molecule has 0 radical (unpaired) electrons. The Kier molecular flexibility index (Phi) is 8.37. The molecule has 3 fully saturated rings. The molecule has 0 aromatic heterocycles. The zero-order chi connectivity index (χ0) is 24.5. The Morgan fingerprint density at radius 3 is 2.65 bits per heavy atom. The van der Waals surface area contributed by atoms with Crippen LogP contribution in [0.5, 0.6) is 0 Å². The first-order valence-electron chi connectivity index (χ1n) is 14.4. The second-order valence-electron chi connectivity index (χ2n) is 13.2. The first-order valence-corrected chi connectivity index (χ1v) is 15.1. The molecule has 1 amide bonds. The maximum absolute atomic E-state index is 12.1. The van der Waals surface area contributed by atoms with Crippen molar-refractivity contribution >= 4 is 18.7 Å². The van der Waals surface area contributed by atoms with Gasteiger partial charge < -0.3 is 10.1 Å². The Balaban J connectivity index is 1.41. The Morgan fingerprint density at radius 2 is 1.91 bits per heavy atom. The summed E-state index contributed by atoms with van der Waals surface area (Å²) in [6.07, 6.45) is 16.7. The molecule has 194 valence electrons. The van der Waals surface area contributed by atoms with Crippen LogP contribution in [0.2, 0.25) is 0 Å². The van der Waals surface area contributed by atoms with E-state index < -0.39 is 0 Å². The van der Waals surface area contributed by atoms with Crippen molar-refractivity contribution in [2.75, 3.05) is 12.3 Å². The summed E-state index contributed by atoms with van der Waals surface area (Å²) in [6.45, 7) is 13.1. The van der Waals surface area contributed by atoms with Crippen LogP contribution in [-0.4, -0.2) is 24.5 Å². The molecule has 0 aliphatic heterocycles. The van der Waals surface area contributed by atoms with Crippen molar-refractivity contribution in [3.63, 3.8) is 0 Å². The quantitative estimate of drug-likeness (QED) is 0.267. The van der Waals surface area contributed by atoms with Gasteiger partial charge >= 0.3 is 6.09 Å². The van der Waals surface area contributed by atoms with Crippen molar-refractivity contribution in [1.82, 2.24) is 5.32 Å². The third-order valence-corrected chi connectivity index (χ3v) is 11.1. The maximum atomic E-state index is 12.1. The summed E-state index contributed by atoms with van der Waals surface area (Å²) in [5.74, 6) is 5.85. The number of allylic oxidation sites excluding steroid dienone is 1. The third-order valence-electron chi connectivity index (χ3n) is 10.9. The van der Waals surface area contributed by atoms with Gasteiger partial charge in [-0.15, -0.1) is 0 Å². The van der Waals surface area contributed by atoms with Crippen molar-refractivity contribution in [3.8, 4) is 0 Å². The van der Waals surface area contributed by atoms with E-state index in [1.54, 1.807) is 5.57 Å². The average Bonchev–Trinajstić information content (AvgIpc) is 3.15. The number of ether oxygens (including phenoxy) is 1. The van der Waals surface area contributed by atoms with Gasteiger partial charge in [0, 0.05) is 18.7 Å². The van der Waals surface area contributed by atoms with Gasteiger partial charge in [-0.25, -0.2) is 4.79 Å². The number of thiol groups is 1. The van der Waals surface area contributed by atoms with E-state index in [0.717, 1.165) is 48.3 Å². The Bertz CT molecular complexity index is 750. The lowest BCUT2D eigenvalue weighted by Crippen LogP contribution is -2.51. The summed E-state index contributed by atoms with van der Waals surface area (Å²) in [6, 6.07) is 0. The normalized spacial score (nSPS) is 40.1. The van der Waals surface area contributed by atoms with Crippen LogP contribution in [-0.2, 0) is 4.74 Å². The summed E-state index contributed by atoms with van der Waals surface area (Å²) in [5, 5.41) is 2.81. The van der Waals surface area contributed by atoms with Gasteiger partial charge in [-0.05, 0) is 91.3 Å². The highest BCUT2D eigenvalue weighted by atomic mass is 32.1. The van der Waals surface area contributed by atoms with E-state index >= 15 is 0 Å². The van der Waals surface area contributed by atoms with Crippen LogP contribution in [0.15, 0.2) is 11.6 Å². The van der Waals surface area contributed by atoms with Crippen LogP contribution in [0.25, 0.3) is 0 Å². The van der Waals surface area contributed by atoms with Crippen LogP contribution in [0.3, 0.4) is 0 Å². The second kappa shape index (κ2) is 10.8. The Hall–Kier alpha value is -0.640. The number of carbonyl (C=O) groups is 1. The summed E-state index contributed by atoms with van der Waals surface area (Å²) >= 11 is 4.17. The summed E-state index contributed by atoms with van der Waals surface area (Å²) in [7, 11) is 0. The molecule has 4 rings (SSSR count). The monoisotopic (exact) mass is 489 g/mol. The fraction of sp³-hybridized carbons (Fsp3) is 0.900. The third kappa shape index (κ3) is 5.09. The standard InChI is InChI=1S/C30H51NO2S/c1-20(2)7-6-8-21(3)25-11-12-26-24-10-9-22-19-23(33-28(32)31-17-18-34)13-15-29(22,4)27(24)14-16-30(25,26)5/h9,20-21,23-27,34H,6-8,10-19H2,1-5H3,(H,31,32)/t21-,23?,24?,25?,26?,27?,29+,30-/m1/s1. The molecule has 4 aliphatic carbocycles. The molecule has 0 spiro atoms. The minimum Gasteiger partial charge on any atom is -0.446 e. The molecule has 4 heteroatoms. The highest BCUT2D eigenvalue weighted by molar-refractivity contribution is 7.80. The number of nitrogens with one attached hydrogen (secondary N) is 1. The molecule has 0 aromatic rings. The topological polar surface area (TPSA) is 38.3 Å². The molecule has 4 aliphatic rings. The molecule has 5 unspecified atom stereocenters. The molecule has 34 heavy (non-hydrogen) atoms. The van der Waals surface area contributed by atoms with Crippen molar-refractivity contribution < 1.29 is 9.53 Å². The van der Waals surface area contributed by atoms with E-state index in [1.807, 2.05) is 0 Å². The van der Waals surface area contributed by atoms with Crippen LogP contribution in [0, 0.1) is 46.3 Å². The zero-order valence-electron chi connectivity index (χ0n) is 22.6. The molecular weight excluding hydrogens is 438 g/mol. The predicted molar refractivity (Wildman–Crippen MR) is 145 cm³/mol. The lowest BCUT2D eigenvalue weighted by molar-refractivity contribution is -0.0581. The number of hydrogen-bond donors (Lipinski definition) is 2. The van der Waals surface area contributed by atoms with E-state index in [-0.39, 0.29) is 12.2 Å². The molecule has 0 saturated heterocycles. The van der Waals surface area contributed by atoms with E-state index in [2.05, 4.69) is 58.6 Å². The number of fused-ring (bicyclic) bond motifs is 5. The highest BCUT2D eigenvalue weighted by Crippen LogP contribution is 2.67. The number of hydrogen-bond acceptors (Lipinski definition) is 3. The van der Waals surface area contributed by atoms with E-state index in [9.17, 15) is 4.79 Å². The predicted octanol–water partition coefficient (Wildman–Crippen LogP) is 8.05. The van der Waals surface area contributed by atoms with Crippen molar-refractivity contribution in [2.24, 2.45) is 46.3 Å². The second-order valence-corrected chi connectivity index (χ2v) is 13.7. The first kappa shape index (κ1) is 26.4. The summed E-state index contributed by atoms with van der Waals surface area (Å²) in [4.78, 5) is 12.1. The van der Waals surface area contributed by atoms with Crippen LogP contribution in [0.1, 0.15) is 105 Å². The van der Waals surface area contributed by atoms with Gasteiger partial charge in [-0.3, -0.25) is 0 Å². The summed E-state index contributed by atoms with van der Waals surface area (Å²) in [5.41, 5.74) is 2.45. The van der Waals surface area contributed by atoms with Gasteiger partial charge in [0.25, 0.3) is 0 Å². The Morgan fingerprint density at radius 1 is 1.12 bits per heavy atom. The molecule has 0 heterocycles. The van der Waals surface area contributed by atoms with Gasteiger partial charge in [0.15, 0.2) is 0 Å². The first-order chi connectivity index (χ1) is 16.2. The van der Waals surface area contributed by atoms with Gasteiger partial charge in [-0.1, -0.05) is 65.5 Å². The van der Waals surface area contributed by atoms with Gasteiger partial charge in [0.2, 0.25) is 0 Å². The highest BCUT2D eigenvalue weighted by Gasteiger charge is 2.59. The lowest BCUT2D eigenvalue weighted by Gasteiger charge is -2.58. The van der Waals surface area contributed by atoms with Crippen LogP contribution in [0.4, 0.5) is 4.79 Å². The smallest absolute Gasteiger partial charge is 0.407 e. The minimum atomic E-state index is -0.273. The number of amides is 1. The lowest BCUT2D eigenvalue weighted by atomic mass is 9.47. The van der Waals surface area contributed by atoms with E-state index in [0.29, 0.717) is 23.1 Å². The van der Waals surface area contributed by atoms with Crippen molar-refractivity contribution in [2.45, 2.75) is 111 Å². The van der Waals surface area contributed by atoms with Gasteiger partial charge in [0.05, 0.1) is 0 Å². The minimum absolute atomic E-state index is 0.0344. The number of rotatable bonds is 8. The molecule has 3 nitrogen and oxygen atoms in total. The van der Waals surface area contributed by atoms with Crippen molar-refractivity contribution in [1.29, 1.82) is 0 Å². The molecule has 0 bridgehead atoms. The largest absolute Gasteiger partial charge is 0.446 e.